The molecule has 0 radical (unpaired) electrons. The molecule has 64 valence electrons. The number of thioether (sulfide) groups is 1. The van der Waals surface area contributed by atoms with Gasteiger partial charge in [-0.2, -0.15) is 11.8 Å². The van der Waals surface area contributed by atoms with Crippen LogP contribution in [0.15, 0.2) is 0 Å². The van der Waals surface area contributed by atoms with Crippen LogP contribution in [0.5, 0.6) is 0 Å². The van der Waals surface area contributed by atoms with Gasteiger partial charge in [-0.25, -0.2) is 0 Å². The van der Waals surface area contributed by atoms with Crippen LogP contribution in [0.25, 0.3) is 0 Å². The van der Waals surface area contributed by atoms with Crippen LogP contribution in [0, 0.1) is 5.41 Å². The monoisotopic (exact) mass is 175 g/mol. The molecule has 1 aliphatic heterocycles. The number of hydrogen-bond acceptors (Lipinski definition) is 3. The van der Waals surface area contributed by atoms with E-state index in [1.165, 1.54) is 0 Å². The standard InChI is InChI=1S/C7H13NO2S/c1-5(8)7(2-6(9)10)3-11-4-7/h5H,2-4,8H2,1H3,(H,9,10). The summed E-state index contributed by atoms with van der Waals surface area (Å²) >= 11 is 1.77. The molecule has 1 heterocycles. The molecule has 0 aromatic heterocycles. The highest BCUT2D eigenvalue weighted by molar-refractivity contribution is 8.00. The predicted molar refractivity (Wildman–Crippen MR) is 45.7 cm³/mol. The third kappa shape index (κ3) is 1.68. The maximum absolute atomic E-state index is 10.4. The van der Waals surface area contributed by atoms with Crippen LogP contribution in [0.2, 0.25) is 0 Å². The average molecular weight is 175 g/mol. The Morgan fingerprint density at radius 1 is 1.82 bits per heavy atom. The number of hydrogen-bond donors (Lipinski definition) is 2. The van der Waals surface area contributed by atoms with Crippen molar-refractivity contribution < 1.29 is 9.90 Å². The summed E-state index contributed by atoms with van der Waals surface area (Å²) in [6.45, 7) is 1.89. The number of carboxylic acids is 1. The summed E-state index contributed by atoms with van der Waals surface area (Å²) in [6, 6.07) is -0.000139. The molecule has 0 spiro atoms. The van der Waals surface area contributed by atoms with Crippen LogP contribution in [-0.2, 0) is 4.79 Å². The van der Waals surface area contributed by atoms with Gasteiger partial charge in [-0.15, -0.1) is 0 Å². The number of aliphatic carboxylic acids is 1. The van der Waals surface area contributed by atoms with Crippen molar-refractivity contribution >= 4 is 17.7 Å². The zero-order chi connectivity index (χ0) is 8.48. The second-order valence-electron chi connectivity index (χ2n) is 3.21. The zero-order valence-electron chi connectivity index (χ0n) is 6.54. The van der Waals surface area contributed by atoms with Gasteiger partial charge < -0.3 is 10.8 Å². The summed E-state index contributed by atoms with van der Waals surface area (Å²) in [6.07, 6.45) is 0.220. The lowest BCUT2D eigenvalue weighted by Gasteiger charge is -2.43. The van der Waals surface area contributed by atoms with Crippen molar-refractivity contribution in [3.63, 3.8) is 0 Å². The summed E-state index contributed by atoms with van der Waals surface area (Å²) in [5.74, 6) is 1.07. The third-order valence-corrected chi connectivity index (χ3v) is 3.81. The maximum atomic E-state index is 10.4. The number of carbonyl (C=O) groups is 1. The molecule has 1 rings (SSSR count). The van der Waals surface area contributed by atoms with Crippen molar-refractivity contribution in [2.45, 2.75) is 19.4 Å². The van der Waals surface area contributed by atoms with Gasteiger partial charge >= 0.3 is 5.97 Å². The van der Waals surface area contributed by atoms with E-state index in [2.05, 4.69) is 0 Å². The van der Waals surface area contributed by atoms with Gasteiger partial charge in [0.2, 0.25) is 0 Å². The van der Waals surface area contributed by atoms with E-state index < -0.39 is 5.97 Å². The highest BCUT2D eigenvalue weighted by atomic mass is 32.2. The van der Waals surface area contributed by atoms with Crippen LogP contribution < -0.4 is 5.73 Å². The van der Waals surface area contributed by atoms with Crippen molar-refractivity contribution in [3.8, 4) is 0 Å². The van der Waals surface area contributed by atoms with Crippen molar-refractivity contribution in [1.82, 2.24) is 0 Å². The van der Waals surface area contributed by atoms with Crippen LogP contribution in [0.3, 0.4) is 0 Å². The molecular formula is C7H13NO2S. The minimum Gasteiger partial charge on any atom is -0.481 e. The van der Waals surface area contributed by atoms with Gasteiger partial charge in [0.05, 0.1) is 6.42 Å². The van der Waals surface area contributed by atoms with Crippen LogP contribution in [0.1, 0.15) is 13.3 Å². The summed E-state index contributed by atoms with van der Waals surface area (Å²) < 4.78 is 0. The van der Waals surface area contributed by atoms with E-state index in [1.807, 2.05) is 6.92 Å². The van der Waals surface area contributed by atoms with E-state index in [9.17, 15) is 4.79 Å². The first kappa shape index (κ1) is 8.87. The molecule has 0 amide bonds. The fourth-order valence-electron chi connectivity index (χ4n) is 1.19. The van der Waals surface area contributed by atoms with Gasteiger partial charge in [-0.1, -0.05) is 0 Å². The highest BCUT2D eigenvalue weighted by Crippen LogP contribution is 2.42. The first-order valence-corrected chi connectivity index (χ1v) is 4.77. The fraction of sp³-hybridized carbons (Fsp3) is 0.857. The lowest BCUT2D eigenvalue weighted by Crippen LogP contribution is -2.50. The van der Waals surface area contributed by atoms with Crippen molar-refractivity contribution in [2.75, 3.05) is 11.5 Å². The Morgan fingerprint density at radius 2 is 2.36 bits per heavy atom. The van der Waals surface area contributed by atoms with E-state index >= 15 is 0 Å². The van der Waals surface area contributed by atoms with Crippen LogP contribution in [-0.4, -0.2) is 28.6 Å². The molecule has 0 aromatic rings. The normalized spacial score (nSPS) is 23.8. The molecule has 0 aromatic carbocycles. The van der Waals surface area contributed by atoms with E-state index in [0.717, 1.165) is 11.5 Å². The molecule has 3 nitrogen and oxygen atoms in total. The quantitative estimate of drug-likeness (QED) is 0.657. The topological polar surface area (TPSA) is 63.3 Å². The Kier molecular flexibility index (Phi) is 2.44. The Balaban J connectivity index is 2.53. The summed E-state index contributed by atoms with van der Waals surface area (Å²) in [4.78, 5) is 10.4. The number of carboxylic acid groups (broad SMARTS) is 1. The fourth-order valence-corrected chi connectivity index (χ4v) is 2.65. The van der Waals surface area contributed by atoms with E-state index in [0.29, 0.717) is 0 Å². The maximum Gasteiger partial charge on any atom is 0.304 e. The second-order valence-corrected chi connectivity index (χ2v) is 4.20. The summed E-state index contributed by atoms with van der Waals surface area (Å²) in [7, 11) is 0. The van der Waals surface area contributed by atoms with Gasteiger partial charge in [0.15, 0.2) is 0 Å². The molecule has 1 aliphatic rings. The Bertz CT molecular complexity index is 166. The van der Waals surface area contributed by atoms with Crippen molar-refractivity contribution in [1.29, 1.82) is 0 Å². The van der Waals surface area contributed by atoms with Gasteiger partial charge in [0.1, 0.15) is 0 Å². The molecule has 1 unspecified atom stereocenters. The largest absolute Gasteiger partial charge is 0.481 e. The smallest absolute Gasteiger partial charge is 0.304 e. The average Bonchev–Trinajstić information content (AvgIpc) is 1.77. The number of nitrogens with two attached hydrogens (primary N) is 1. The van der Waals surface area contributed by atoms with Crippen LogP contribution in [0.4, 0.5) is 0 Å². The Labute approximate surface area is 70.3 Å². The molecule has 4 heteroatoms. The third-order valence-electron chi connectivity index (χ3n) is 2.25. The number of rotatable bonds is 3. The van der Waals surface area contributed by atoms with E-state index in [4.69, 9.17) is 10.8 Å². The first-order valence-electron chi connectivity index (χ1n) is 3.62. The molecule has 3 N–H and O–H groups in total. The molecule has 0 bridgehead atoms. The molecule has 0 saturated carbocycles. The molecule has 0 aliphatic carbocycles. The van der Waals surface area contributed by atoms with Gasteiger partial charge in [0, 0.05) is 23.0 Å². The van der Waals surface area contributed by atoms with Crippen molar-refractivity contribution in [2.24, 2.45) is 11.1 Å². The minimum absolute atomic E-state index is 0.000139. The Morgan fingerprint density at radius 3 is 2.45 bits per heavy atom. The lowest BCUT2D eigenvalue weighted by molar-refractivity contribution is -0.139. The molecule has 1 fully saturated rings. The predicted octanol–water partition coefficient (Wildman–Crippen LogP) is 0.542. The van der Waals surface area contributed by atoms with E-state index in [-0.39, 0.29) is 17.9 Å². The molecular weight excluding hydrogens is 162 g/mol. The lowest BCUT2D eigenvalue weighted by atomic mass is 9.81. The zero-order valence-corrected chi connectivity index (χ0v) is 7.36. The van der Waals surface area contributed by atoms with Crippen molar-refractivity contribution in [3.05, 3.63) is 0 Å². The molecule has 1 saturated heterocycles. The van der Waals surface area contributed by atoms with Gasteiger partial charge in [-0.3, -0.25) is 4.79 Å². The van der Waals surface area contributed by atoms with Gasteiger partial charge in [0.25, 0.3) is 0 Å². The minimum atomic E-state index is -0.734. The Hall–Kier alpha value is -0.220. The molecule has 11 heavy (non-hydrogen) atoms. The van der Waals surface area contributed by atoms with Crippen LogP contribution >= 0.6 is 11.8 Å². The SMILES string of the molecule is CC(N)C1(CC(=O)O)CSC1. The second kappa shape index (κ2) is 3.03. The first-order chi connectivity index (χ1) is 5.07. The summed E-state index contributed by atoms with van der Waals surface area (Å²) in [5, 5.41) is 8.60. The van der Waals surface area contributed by atoms with Gasteiger partial charge in [-0.05, 0) is 6.92 Å². The molecule has 1 atom stereocenters. The summed E-state index contributed by atoms with van der Waals surface area (Å²) in [5.41, 5.74) is 5.59. The van der Waals surface area contributed by atoms with E-state index in [1.54, 1.807) is 11.8 Å². The highest BCUT2D eigenvalue weighted by Gasteiger charge is 2.42.